The van der Waals surface area contributed by atoms with Crippen molar-refractivity contribution in [1.29, 1.82) is 0 Å². The van der Waals surface area contributed by atoms with Crippen LogP contribution in [0.4, 0.5) is 11.4 Å². The van der Waals surface area contributed by atoms with E-state index in [2.05, 4.69) is 41.1 Å². The largest absolute Gasteiger partial charge is 0.466 e. The second kappa shape index (κ2) is 12.0. The van der Waals surface area contributed by atoms with E-state index in [1.807, 2.05) is 29.2 Å². The van der Waals surface area contributed by atoms with Gasteiger partial charge in [0.1, 0.15) is 0 Å². The number of ether oxygens (including phenoxy) is 1. The number of carbonyl (C=O) groups excluding carboxylic acids is 2. The number of amides is 1. The van der Waals surface area contributed by atoms with Crippen LogP contribution in [-0.2, 0) is 20.9 Å². The molecule has 0 unspecified atom stereocenters. The average Bonchev–Trinajstić information content (AvgIpc) is 2.91. The van der Waals surface area contributed by atoms with Crippen LogP contribution in [0.5, 0.6) is 0 Å². The van der Waals surface area contributed by atoms with Crippen LogP contribution in [0.1, 0.15) is 43.2 Å². The number of piperazine rings is 1. The molecule has 1 aliphatic carbocycles. The number of hydrogen-bond acceptors (Lipinski definition) is 5. The van der Waals surface area contributed by atoms with Crippen molar-refractivity contribution in [3.8, 4) is 0 Å². The predicted molar refractivity (Wildman–Crippen MR) is 141 cm³/mol. The van der Waals surface area contributed by atoms with E-state index in [1.165, 1.54) is 25.3 Å². The summed E-state index contributed by atoms with van der Waals surface area (Å²) in [6.45, 7) is 4.75. The number of carbonyl (C=O) groups is 2. The summed E-state index contributed by atoms with van der Waals surface area (Å²) in [7, 11) is 3.53. The molecule has 4 rings (SSSR count). The lowest BCUT2D eigenvalue weighted by Gasteiger charge is -2.34. The molecule has 0 spiro atoms. The fourth-order valence-corrected chi connectivity index (χ4v) is 4.95. The zero-order valence-corrected chi connectivity index (χ0v) is 21.0. The quantitative estimate of drug-likeness (QED) is 0.428. The van der Waals surface area contributed by atoms with E-state index in [1.54, 1.807) is 6.08 Å². The Morgan fingerprint density at radius 3 is 2.40 bits per heavy atom. The van der Waals surface area contributed by atoms with Crippen LogP contribution in [0.2, 0.25) is 0 Å². The highest BCUT2D eigenvalue weighted by molar-refractivity contribution is 5.95. The molecule has 1 saturated heterocycles. The fourth-order valence-electron chi connectivity index (χ4n) is 4.95. The molecule has 186 valence electrons. The Hall–Kier alpha value is -3.12. The van der Waals surface area contributed by atoms with Crippen LogP contribution in [0.25, 0.3) is 6.08 Å². The van der Waals surface area contributed by atoms with Gasteiger partial charge in [0, 0.05) is 49.5 Å². The molecule has 1 saturated carbocycles. The molecule has 0 bridgehead atoms. The Morgan fingerprint density at radius 1 is 1.00 bits per heavy atom. The Bertz CT molecular complexity index is 1020. The highest BCUT2D eigenvalue weighted by atomic mass is 16.5. The Balaban J connectivity index is 1.55. The fraction of sp³-hybridized carbons (Fsp3) is 0.448. The third-order valence-electron chi connectivity index (χ3n) is 7.16. The van der Waals surface area contributed by atoms with Gasteiger partial charge >= 0.3 is 5.97 Å². The standard InChI is InChI=1S/C29H37N3O3/c1-30-17-19-31(20-18-30)26-14-11-24(12-15-26)22-32(29(34)25-8-4-3-5-9-25)27-10-6-7-23(21-27)13-16-28(33)35-2/h6-7,10-16,21,25H,3-5,8-9,17-20,22H2,1-2H3/b16-13+. The first kappa shape index (κ1) is 25.0. The highest BCUT2D eigenvalue weighted by Gasteiger charge is 2.27. The SMILES string of the molecule is COC(=O)/C=C/c1cccc(N(Cc2ccc(N3CCN(C)CC3)cc2)C(=O)C2CCCCC2)c1. The third-order valence-corrected chi connectivity index (χ3v) is 7.16. The number of nitrogens with zero attached hydrogens (tertiary/aromatic N) is 3. The van der Waals surface area contributed by atoms with Gasteiger partial charge in [-0.25, -0.2) is 4.79 Å². The summed E-state index contributed by atoms with van der Waals surface area (Å²) in [5.41, 5.74) is 4.07. The third kappa shape index (κ3) is 6.73. The molecule has 2 aromatic carbocycles. The maximum Gasteiger partial charge on any atom is 0.330 e. The minimum Gasteiger partial charge on any atom is -0.466 e. The Morgan fingerprint density at radius 2 is 1.71 bits per heavy atom. The summed E-state index contributed by atoms with van der Waals surface area (Å²) in [6.07, 6.45) is 8.50. The van der Waals surface area contributed by atoms with E-state index >= 15 is 0 Å². The van der Waals surface area contributed by atoms with Crippen LogP contribution >= 0.6 is 0 Å². The van der Waals surface area contributed by atoms with Gasteiger partial charge in [0.05, 0.1) is 13.7 Å². The normalized spacial score (nSPS) is 17.5. The molecule has 2 fully saturated rings. The van der Waals surface area contributed by atoms with Gasteiger partial charge in [0.25, 0.3) is 0 Å². The summed E-state index contributed by atoms with van der Waals surface area (Å²) in [5.74, 6) is -0.129. The lowest BCUT2D eigenvalue weighted by Crippen LogP contribution is -2.44. The van der Waals surface area contributed by atoms with Gasteiger partial charge in [-0.1, -0.05) is 43.5 Å². The molecule has 1 aliphatic heterocycles. The predicted octanol–water partition coefficient (Wildman–Crippen LogP) is 4.74. The number of benzene rings is 2. The zero-order chi connectivity index (χ0) is 24.6. The maximum atomic E-state index is 13.7. The van der Waals surface area contributed by atoms with Crippen LogP contribution in [0.3, 0.4) is 0 Å². The molecule has 0 N–H and O–H groups in total. The molecule has 2 aromatic rings. The number of rotatable bonds is 7. The van der Waals surface area contributed by atoms with Gasteiger partial charge in [-0.15, -0.1) is 0 Å². The summed E-state index contributed by atoms with van der Waals surface area (Å²) < 4.78 is 4.71. The number of esters is 1. The van der Waals surface area contributed by atoms with E-state index in [0.29, 0.717) is 6.54 Å². The minimum absolute atomic E-state index is 0.0719. The first-order chi connectivity index (χ1) is 17.0. The van der Waals surface area contributed by atoms with Crippen LogP contribution < -0.4 is 9.80 Å². The molecule has 1 heterocycles. The summed E-state index contributed by atoms with van der Waals surface area (Å²) in [5, 5.41) is 0. The second-order valence-corrected chi connectivity index (χ2v) is 9.67. The summed E-state index contributed by atoms with van der Waals surface area (Å²) in [4.78, 5) is 31.9. The van der Waals surface area contributed by atoms with Crippen LogP contribution in [0, 0.1) is 5.92 Å². The topological polar surface area (TPSA) is 53.1 Å². The molecule has 35 heavy (non-hydrogen) atoms. The molecular formula is C29H37N3O3. The van der Waals surface area contributed by atoms with Gasteiger partial charge < -0.3 is 19.4 Å². The van der Waals surface area contributed by atoms with Crippen molar-refractivity contribution in [3.05, 3.63) is 65.7 Å². The Labute approximate surface area is 209 Å². The van der Waals surface area contributed by atoms with Gasteiger partial charge in [0.2, 0.25) is 5.91 Å². The van der Waals surface area contributed by atoms with Crippen LogP contribution in [-0.4, -0.2) is 57.1 Å². The number of anilines is 2. The second-order valence-electron chi connectivity index (χ2n) is 9.67. The lowest BCUT2D eigenvalue weighted by atomic mass is 9.88. The molecule has 6 heteroatoms. The molecule has 6 nitrogen and oxygen atoms in total. The highest BCUT2D eigenvalue weighted by Crippen LogP contribution is 2.30. The van der Waals surface area contributed by atoms with Gasteiger partial charge in [-0.05, 0) is 61.4 Å². The first-order valence-corrected chi connectivity index (χ1v) is 12.7. The summed E-state index contributed by atoms with van der Waals surface area (Å²) in [6, 6.07) is 16.5. The van der Waals surface area contributed by atoms with Crippen molar-refractivity contribution in [2.24, 2.45) is 5.92 Å². The van der Waals surface area contributed by atoms with Crippen LogP contribution in [0.15, 0.2) is 54.6 Å². The minimum atomic E-state index is -0.397. The van der Waals surface area contributed by atoms with Crippen molar-refractivity contribution < 1.29 is 14.3 Å². The Kier molecular flexibility index (Phi) is 8.59. The van der Waals surface area contributed by atoms with E-state index < -0.39 is 5.97 Å². The van der Waals surface area contributed by atoms with E-state index in [9.17, 15) is 9.59 Å². The van der Waals surface area contributed by atoms with Crippen molar-refractivity contribution in [2.75, 3.05) is 50.1 Å². The number of hydrogen-bond donors (Lipinski definition) is 0. The van der Waals surface area contributed by atoms with E-state index in [-0.39, 0.29) is 11.8 Å². The van der Waals surface area contributed by atoms with Gasteiger partial charge in [0.15, 0.2) is 0 Å². The maximum absolute atomic E-state index is 13.7. The average molecular weight is 476 g/mol. The van der Waals surface area contributed by atoms with Gasteiger partial charge in [-0.3, -0.25) is 4.79 Å². The van der Waals surface area contributed by atoms with Crippen molar-refractivity contribution in [2.45, 2.75) is 38.6 Å². The molecule has 1 amide bonds. The monoisotopic (exact) mass is 475 g/mol. The van der Waals surface area contributed by atoms with E-state index in [0.717, 1.165) is 68.7 Å². The first-order valence-electron chi connectivity index (χ1n) is 12.7. The number of likely N-dealkylation sites (N-methyl/N-ethyl adjacent to an activating group) is 1. The van der Waals surface area contributed by atoms with Crippen molar-refractivity contribution in [1.82, 2.24) is 4.90 Å². The van der Waals surface area contributed by atoms with Crippen molar-refractivity contribution in [3.63, 3.8) is 0 Å². The molecular weight excluding hydrogens is 438 g/mol. The molecule has 0 radical (unpaired) electrons. The van der Waals surface area contributed by atoms with Gasteiger partial charge in [-0.2, -0.15) is 0 Å². The van der Waals surface area contributed by atoms with Crippen molar-refractivity contribution >= 4 is 29.3 Å². The lowest BCUT2D eigenvalue weighted by molar-refractivity contribution is -0.134. The summed E-state index contributed by atoms with van der Waals surface area (Å²) >= 11 is 0. The molecule has 2 aliphatic rings. The zero-order valence-electron chi connectivity index (χ0n) is 21.0. The molecule has 0 aromatic heterocycles. The van der Waals surface area contributed by atoms with E-state index in [4.69, 9.17) is 4.74 Å². The smallest absolute Gasteiger partial charge is 0.330 e. The number of methoxy groups -OCH3 is 1. The molecule has 0 atom stereocenters.